The maximum Gasteiger partial charge on any atom is 0.274 e. The quantitative estimate of drug-likeness (QED) is 0.647. The minimum Gasteiger partial charge on any atom is -0.483 e. The van der Waals surface area contributed by atoms with Gasteiger partial charge < -0.3 is 18.8 Å². The van der Waals surface area contributed by atoms with Gasteiger partial charge in [-0.25, -0.2) is 0 Å². The Labute approximate surface area is 174 Å². The first-order valence-electron chi connectivity index (χ1n) is 10.0. The largest absolute Gasteiger partial charge is 0.483 e. The maximum atomic E-state index is 13.3. The third-order valence-electron chi connectivity index (χ3n) is 5.56. The smallest absolute Gasteiger partial charge is 0.274 e. The molecule has 1 amide bonds. The van der Waals surface area contributed by atoms with E-state index >= 15 is 0 Å². The van der Waals surface area contributed by atoms with Crippen molar-refractivity contribution < 1.29 is 9.53 Å². The zero-order chi connectivity index (χ0) is 21.1. The van der Waals surface area contributed by atoms with Crippen LogP contribution in [0.4, 0.5) is 0 Å². The summed E-state index contributed by atoms with van der Waals surface area (Å²) >= 11 is 0. The van der Waals surface area contributed by atoms with Crippen LogP contribution in [0, 0.1) is 0 Å². The summed E-state index contributed by atoms with van der Waals surface area (Å²) in [6, 6.07) is 11.0. The first kappa shape index (κ1) is 19.9. The van der Waals surface area contributed by atoms with Gasteiger partial charge in [-0.05, 0) is 18.4 Å². The van der Waals surface area contributed by atoms with Gasteiger partial charge >= 0.3 is 0 Å². The number of likely N-dealkylation sites (tertiary alicyclic amines) is 1. The van der Waals surface area contributed by atoms with Crippen molar-refractivity contribution in [3.8, 4) is 5.75 Å². The van der Waals surface area contributed by atoms with Crippen molar-refractivity contribution in [1.82, 2.24) is 24.2 Å². The van der Waals surface area contributed by atoms with E-state index < -0.39 is 0 Å². The minimum absolute atomic E-state index is 0.101. The van der Waals surface area contributed by atoms with Crippen LogP contribution in [0.15, 0.2) is 53.7 Å². The summed E-state index contributed by atoms with van der Waals surface area (Å²) in [6.45, 7) is 1.42. The van der Waals surface area contributed by atoms with E-state index in [1.165, 1.54) is 6.07 Å². The lowest BCUT2D eigenvalue weighted by Crippen LogP contribution is -2.40. The average molecular weight is 407 g/mol. The summed E-state index contributed by atoms with van der Waals surface area (Å²) in [5.74, 6) is 1.13. The van der Waals surface area contributed by atoms with E-state index in [1.54, 1.807) is 29.0 Å². The first-order valence-corrected chi connectivity index (χ1v) is 10.0. The number of benzene rings is 1. The van der Waals surface area contributed by atoms with E-state index in [0.717, 1.165) is 24.2 Å². The Hall–Kier alpha value is -3.42. The van der Waals surface area contributed by atoms with Crippen molar-refractivity contribution in [3.63, 3.8) is 0 Å². The van der Waals surface area contributed by atoms with Gasteiger partial charge in [0.25, 0.3) is 5.91 Å². The topological polar surface area (TPSA) is 82.2 Å². The highest BCUT2D eigenvalue weighted by Crippen LogP contribution is 2.28. The molecule has 1 aliphatic heterocycles. The molecular formula is C22H25N5O3. The van der Waals surface area contributed by atoms with Crippen LogP contribution in [0.2, 0.25) is 0 Å². The molecule has 8 heteroatoms. The Kier molecular flexibility index (Phi) is 5.65. The molecule has 3 aromatic rings. The highest BCUT2D eigenvalue weighted by atomic mass is 16.5. The SMILES string of the molecule is Cn1cnnc1C1CCN(C(=O)c2c(OCc3ccccc3)c(=O)ccn2C)CC1. The van der Waals surface area contributed by atoms with Gasteiger partial charge in [0.1, 0.15) is 18.8 Å². The molecule has 1 aromatic carbocycles. The van der Waals surface area contributed by atoms with Gasteiger partial charge in [0.15, 0.2) is 11.4 Å². The van der Waals surface area contributed by atoms with E-state index in [9.17, 15) is 9.59 Å². The summed E-state index contributed by atoms with van der Waals surface area (Å²) in [7, 11) is 3.69. The van der Waals surface area contributed by atoms with E-state index in [2.05, 4.69) is 10.2 Å². The molecule has 2 aromatic heterocycles. The fourth-order valence-electron chi connectivity index (χ4n) is 3.88. The molecule has 0 spiro atoms. The van der Waals surface area contributed by atoms with Gasteiger partial charge in [-0.2, -0.15) is 0 Å². The van der Waals surface area contributed by atoms with Crippen LogP contribution < -0.4 is 10.2 Å². The monoisotopic (exact) mass is 407 g/mol. The van der Waals surface area contributed by atoms with Crippen molar-refractivity contribution in [2.45, 2.75) is 25.4 Å². The summed E-state index contributed by atoms with van der Waals surface area (Å²) in [6.07, 6.45) is 4.92. The summed E-state index contributed by atoms with van der Waals surface area (Å²) < 4.78 is 9.43. The summed E-state index contributed by atoms with van der Waals surface area (Å²) in [5, 5.41) is 8.16. The van der Waals surface area contributed by atoms with Crippen molar-refractivity contribution in [2.24, 2.45) is 14.1 Å². The van der Waals surface area contributed by atoms with E-state index in [1.807, 2.05) is 41.9 Å². The van der Waals surface area contributed by atoms with Gasteiger partial charge in [-0.3, -0.25) is 9.59 Å². The van der Waals surface area contributed by atoms with Crippen LogP contribution >= 0.6 is 0 Å². The molecular weight excluding hydrogens is 382 g/mol. The second-order valence-corrected chi connectivity index (χ2v) is 7.61. The molecule has 0 saturated carbocycles. The molecule has 0 bridgehead atoms. The zero-order valence-corrected chi connectivity index (χ0v) is 17.2. The average Bonchev–Trinajstić information content (AvgIpc) is 3.20. The molecule has 0 N–H and O–H groups in total. The number of aromatic nitrogens is 4. The van der Waals surface area contributed by atoms with Gasteiger partial charge in [0.2, 0.25) is 5.43 Å². The van der Waals surface area contributed by atoms with E-state index in [4.69, 9.17) is 4.74 Å². The van der Waals surface area contributed by atoms with Crippen molar-refractivity contribution >= 4 is 5.91 Å². The molecule has 0 aliphatic carbocycles. The molecule has 4 rings (SSSR count). The maximum absolute atomic E-state index is 13.3. The molecule has 30 heavy (non-hydrogen) atoms. The number of ether oxygens (including phenoxy) is 1. The highest BCUT2D eigenvalue weighted by molar-refractivity contribution is 5.95. The molecule has 1 fully saturated rings. The molecule has 1 saturated heterocycles. The van der Waals surface area contributed by atoms with Gasteiger partial charge in [-0.1, -0.05) is 30.3 Å². The van der Waals surface area contributed by atoms with Gasteiger partial charge in [-0.15, -0.1) is 10.2 Å². The Morgan fingerprint density at radius 1 is 1.10 bits per heavy atom. The Bertz CT molecular complexity index is 1080. The second-order valence-electron chi connectivity index (χ2n) is 7.61. The number of carbonyl (C=O) groups is 1. The lowest BCUT2D eigenvalue weighted by Gasteiger charge is -2.32. The normalized spacial score (nSPS) is 14.7. The van der Waals surface area contributed by atoms with E-state index in [-0.39, 0.29) is 35.3 Å². The number of carbonyl (C=O) groups excluding carboxylic acids is 1. The predicted octanol–water partition coefficient (Wildman–Crippen LogP) is 2.11. The van der Waals surface area contributed by atoms with Gasteiger partial charge in [0.05, 0.1) is 0 Å². The zero-order valence-electron chi connectivity index (χ0n) is 17.2. The van der Waals surface area contributed by atoms with Gasteiger partial charge in [0, 0.05) is 45.4 Å². The fourth-order valence-corrected chi connectivity index (χ4v) is 3.88. The minimum atomic E-state index is -0.290. The Morgan fingerprint density at radius 3 is 2.50 bits per heavy atom. The standard InChI is InChI=1S/C22H25N5O3/c1-25-11-10-18(28)20(30-14-16-6-4-3-5-7-16)19(25)22(29)27-12-8-17(9-13-27)21-24-23-15-26(21)2/h3-7,10-11,15,17H,8-9,12-14H2,1-2H3. The van der Waals surface area contributed by atoms with Crippen LogP contribution in [0.3, 0.4) is 0 Å². The molecule has 0 radical (unpaired) electrons. The third kappa shape index (κ3) is 3.98. The number of rotatable bonds is 5. The second kappa shape index (κ2) is 8.52. The number of amides is 1. The van der Waals surface area contributed by atoms with E-state index in [0.29, 0.717) is 13.1 Å². The summed E-state index contributed by atoms with van der Waals surface area (Å²) in [5.41, 5.74) is 0.934. The fraction of sp³-hybridized carbons (Fsp3) is 0.364. The molecule has 0 unspecified atom stereocenters. The molecule has 8 nitrogen and oxygen atoms in total. The van der Waals surface area contributed by atoms with Crippen LogP contribution in [0.5, 0.6) is 5.75 Å². The highest BCUT2D eigenvalue weighted by Gasteiger charge is 2.30. The Morgan fingerprint density at radius 2 is 1.83 bits per heavy atom. The number of piperidine rings is 1. The molecule has 156 valence electrons. The number of pyridine rings is 1. The first-order chi connectivity index (χ1) is 14.5. The lowest BCUT2D eigenvalue weighted by molar-refractivity contribution is 0.0693. The number of nitrogens with zero attached hydrogens (tertiary/aromatic N) is 5. The van der Waals surface area contributed by atoms with Crippen molar-refractivity contribution in [2.75, 3.05) is 13.1 Å². The Balaban J connectivity index is 1.52. The summed E-state index contributed by atoms with van der Waals surface area (Å²) in [4.78, 5) is 27.6. The van der Waals surface area contributed by atoms with Crippen molar-refractivity contribution in [1.29, 1.82) is 0 Å². The van der Waals surface area contributed by atoms with Crippen LogP contribution in [0.25, 0.3) is 0 Å². The number of aryl methyl sites for hydroxylation is 2. The number of hydrogen-bond acceptors (Lipinski definition) is 5. The van der Waals surface area contributed by atoms with Crippen LogP contribution in [-0.2, 0) is 20.7 Å². The van der Waals surface area contributed by atoms with Crippen LogP contribution in [0.1, 0.15) is 40.6 Å². The predicted molar refractivity (Wildman–Crippen MR) is 111 cm³/mol. The van der Waals surface area contributed by atoms with Crippen LogP contribution in [-0.4, -0.2) is 43.2 Å². The molecule has 0 atom stereocenters. The molecule has 1 aliphatic rings. The third-order valence-corrected chi connectivity index (χ3v) is 5.56. The van der Waals surface area contributed by atoms with Crippen molar-refractivity contribution in [3.05, 3.63) is 76.2 Å². The number of hydrogen-bond donors (Lipinski definition) is 0. The molecule has 3 heterocycles. The lowest BCUT2D eigenvalue weighted by atomic mass is 9.95.